The fraction of sp³-hybridized carbons (Fsp3) is 0.524. The van der Waals surface area contributed by atoms with Gasteiger partial charge in [-0.05, 0) is 85.8 Å². The minimum absolute atomic E-state index is 0.344. The number of nitrogens with zero attached hydrogens (tertiary/aromatic N) is 2. The maximum atomic E-state index is 9.59. The molecule has 2 aliphatic rings. The first kappa shape index (κ1) is 15.9. The van der Waals surface area contributed by atoms with Crippen LogP contribution in [0.2, 0.25) is 0 Å². The molecule has 24 heavy (non-hydrogen) atoms. The van der Waals surface area contributed by atoms with Gasteiger partial charge in [0, 0.05) is 19.6 Å². The monoisotopic (exact) mass is 324 g/mol. The second-order valence-electron chi connectivity index (χ2n) is 7.62. The van der Waals surface area contributed by atoms with Gasteiger partial charge in [0.2, 0.25) is 0 Å². The van der Waals surface area contributed by atoms with E-state index in [1.54, 1.807) is 6.07 Å². The van der Waals surface area contributed by atoms with Gasteiger partial charge >= 0.3 is 0 Å². The molecule has 128 valence electrons. The van der Waals surface area contributed by atoms with Crippen LogP contribution in [0.4, 0.5) is 0 Å². The number of piperidine rings is 1. The van der Waals surface area contributed by atoms with Crippen LogP contribution in [0.3, 0.4) is 0 Å². The van der Waals surface area contributed by atoms with Crippen molar-refractivity contribution in [2.45, 2.75) is 32.2 Å². The summed E-state index contributed by atoms with van der Waals surface area (Å²) in [5.74, 6) is 1.19. The van der Waals surface area contributed by atoms with Crippen molar-refractivity contribution in [2.75, 3.05) is 32.7 Å². The number of hydrogen-bond donors (Lipinski definition) is 1. The van der Waals surface area contributed by atoms with Gasteiger partial charge in [0.1, 0.15) is 5.75 Å². The van der Waals surface area contributed by atoms with Crippen molar-refractivity contribution in [1.82, 2.24) is 9.80 Å². The Labute approximate surface area is 144 Å². The highest BCUT2D eigenvalue weighted by Gasteiger charge is 2.23. The molecule has 2 fully saturated rings. The predicted molar refractivity (Wildman–Crippen MR) is 99.3 cm³/mol. The molecule has 3 nitrogen and oxygen atoms in total. The largest absolute Gasteiger partial charge is 0.508 e. The average Bonchev–Trinajstić information content (AvgIpc) is 3.08. The number of phenols is 1. The van der Waals surface area contributed by atoms with Crippen LogP contribution in [-0.4, -0.2) is 47.6 Å². The summed E-state index contributed by atoms with van der Waals surface area (Å²) in [6, 6.07) is 12.3. The van der Waals surface area contributed by atoms with Gasteiger partial charge in [0.25, 0.3) is 0 Å². The van der Waals surface area contributed by atoms with Crippen molar-refractivity contribution >= 4 is 10.8 Å². The third-order valence-corrected chi connectivity index (χ3v) is 5.61. The summed E-state index contributed by atoms with van der Waals surface area (Å²) < 4.78 is 0. The van der Waals surface area contributed by atoms with E-state index in [0.717, 1.165) is 17.8 Å². The summed E-state index contributed by atoms with van der Waals surface area (Å²) in [6.07, 6.45) is 5.51. The minimum Gasteiger partial charge on any atom is -0.508 e. The van der Waals surface area contributed by atoms with E-state index >= 15 is 0 Å². The fourth-order valence-corrected chi connectivity index (χ4v) is 4.41. The Morgan fingerprint density at radius 3 is 2.50 bits per heavy atom. The summed E-state index contributed by atoms with van der Waals surface area (Å²) in [4.78, 5) is 5.29. The van der Waals surface area contributed by atoms with E-state index in [0.29, 0.717) is 5.75 Å². The van der Waals surface area contributed by atoms with Crippen LogP contribution in [-0.2, 0) is 6.54 Å². The lowest BCUT2D eigenvalue weighted by atomic mass is 9.96. The molecule has 0 spiro atoms. The Morgan fingerprint density at radius 1 is 0.875 bits per heavy atom. The summed E-state index contributed by atoms with van der Waals surface area (Å²) in [7, 11) is 0. The van der Waals surface area contributed by atoms with E-state index in [4.69, 9.17) is 0 Å². The molecule has 2 saturated heterocycles. The highest BCUT2D eigenvalue weighted by Crippen LogP contribution is 2.24. The van der Waals surface area contributed by atoms with Crippen molar-refractivity contribution in [3.63, 3.8) is 0 Å². The first-order valence-electron chi connectivity index (χ1n) is 9.43. The lowest BCUT2D eigenvalue weighted by Crippen LogP contribution is -2.40. The van der Waals surface area contributed by atoms with E-state index < -0.39 is 0 Å². The maximum absolute atomic E-state index is 9.59. The van der Waals surface area contributed by atoms with Gasteiger partial charge in [-0.3, -0.25) is 4.90 Å². The molecule has 0 saturated carbocycles. The first-order valence-corrected chi connectivity index (χ1v) is 9.43. The zero-order valence-electron chi connectivity index (χ0n) is 14.5. The van der Waals surface area contributed by atoms with Crippen LogP contribution in [0.15, 0.2) is 36.4 Å². The van der Waals surface area contributed by atoms with E-state index in [9.17, 15) is 5.11 Å². The van der Waals surface area contributed by atoms with Gasteiger partial charge in [-0.15, -0.1) is 0 Å². The molecule has 0 radical (unpaired) electrons. The molecule has 1 atom stereocenters. The zero-order chi connectivity index (χ0) is 16.4. The van der Waals surface area contributed by atoms with E-state index in [1.807, 2.05) is 12.1 Å². The molecular weight excluding hydrogens is 296 g/mol. The van der Waals surface area contributed by atoms with Crippen LogP contribution < -0.4 is 0 Å². The van der Waals surface area contributed by atoms with Crippen molar-refractivity contribution in [3.05, 3.63) is 42.0 Å². The highest BCUT2D eigenvalue weighted by atomic mass is 16.3. The number of phenolic OH excluding ortho intramolecular Hbond substituents is 1. The highest BCUT2D eigenvalue weighted by molar-refractivity contribution is 5.84. The molecule has 3 heteroatoms. The predicted octanol–water partition coefficient (Wildman–Crippen LogP) is 3.85. The molecule has 1 N–H and O–H groups in total. The van der Waals surface area contributed by atoms with Crippen LogP contribution in [0.1, 0.15) is 31.2 Å². The molecule has 2 aromatic rings. The number of aromatic hydroxyl groups is 1. The third-order valence-electron chi connectivity index (χ3n) is 5.61. The van der Waals surface area contributed by atoms with Crippen LogP contribution in [0.25, 0.3) is 10.8 Å². The molecule has 4 rings (SSSR count). The second kappa shape index (κ2) is 7.12. The molecule has 2 aromatic carbocycles. The fourth-order valence-electron chi connectivity index (χ4n) is 4.41. The summed E-state index contributed by atoms with van der Waals surface area (Å²) >= 11 is 0. The zero-order valence-corrected chi connectivity index (χ0v) is 14.5. The molecule has 0 aromatic heterocycles. The maximum Gasteiger partial charge on any atom is 0.116 e. The van der Waals surface area contributed by atoms with Gasteiger partial charge in [0.05, 0.1) is 0 Å². The van der Waals surface area contributed by atoms with Crippen molar-refractivity contribution in [3.8, 4) is 5.75 Å². The molecule has 2 heterocycles. The Morgan fingerprint density at radius 2 is 1.62 bits per heavy atom. The van der Waals surface area contributed by atoms with Gasteiger partial charge in [-0.25, -0.2) is 0 Å². The topological polar surface area (TPSA) is 26.7 Å². The Bertz CT molecular complexity index is 693. The summed E-state index contributed by atoms with van der Waals surface area (Å²) in [5.41, 5.74) is 1.38. The summed E-state index contributed by atoms with van der Waals surface area (Å²) in [6.45, 7) is 7.44. The normalized spacial score (nSPS) is 23.1. The Hall–Kier alpha value is -1.58. The van der Waals surface area contributed by atoms with E-state index in [-0.39, 0.29) is 0 Å². The third kappa shape index (κ3) is 3.73. The number of rotatable bonds is 4. The lowest BCUT2D eigenvalue weighted by Gasteiger charge is -2.34. The molecule has 0 unspecified atom stereocenters. The van der Waals surface area contributed by atoms with Gasteiger partial charge in [-0.2, -0.15) is 0 Å². The quantitative estimate of drug-likeness (QED) is 0.925. The number of benzene rings is 2. The lowest BCUT2D eigenvalue weighted by molar-refractivity contribution is 0.137. The molecule has 2 aliphatic heterocycles. The molecule has 0 amide bonds. The molecule has 0 bridgehead atoms. The number of likely N-dealkylation sites (tertiary alicyclic amines) is 2. The second-order valence-corrected chi connectivity index (χ2v) is 7.62. The average molecular weight is 324 g/mol. The van der Waals surface area contributed by atoms with Crippen molar-refractivity contribution < 1.29 is 5.11 Å². The van der Waals surface area contributed by atoms with Gasteiger partial charge in [-0.1, -0.05) is 18.2 Å². The smallest absolute Gasteiger partial charge is 0.116 e. The van der Waals surface area contributed by atoms with Gasteiger partial charge < -0.3 is 10.0 Å². The van der Waals surface area contributed by atoms with Crippen molar-refractivity contribution in [1.29, 1.82) is 0 Å². The van der Waals surface area contributed by atoms with Crippen molar-refractivity contribution in [2.24, 2.45) is 5.92 Å². The van der Waals surface area contributed by atoms with E-state index in [1.165, 1.54) is 69.4 Å². The standard InChI is InChI=1S/C21H28N2O/c24-21-8-7-19-12-17(5-6-20(19)13-21)14-23-11-3-4-18(16-23)15-22-9-1-2-10-22/h5-8,12-13,18,24H,1-4,9-11,14-16H2/t18-/m1/s1. The Balaban J connectivity index is 1.39. The van der Waals surface area contributed by atoms with Crippen LogP contribution in [0.5, 0.6) is 5.75 Å². The Kier molecular flexibility index (Phi) is 4.72. The van der Waals surface area contributed by atoms with Crippen LogP contribution >= 0.6 is 0 Å². The van der Waals surface area contributed by atoms with Gasteiger partial charge in [0.15, 0.2) is 0 Å². The SMILES string of the molecule is Oc1ccc2cc(CN3CCC[C@H](CN4CCCC4)C3)ccc2c1. The summed E-state index contributed by atoms with van der Waals surface area (Å²) in [5, 5.41) is 11.9. The van der Waals surface area contributed by atoms with Crippen LogP contribution in [0, 0.1) is 5.92 Å². The van der Waals surface area contributed by atoms with E-state index in [2.05, 4.69) is 28.0 Å². The molecule has 0 aliphatic carbocycles. The number of fused-ring (bicyclic) bond motifs is 1. The molecular formula is C21H28N2O. The first-order chi connectivity index (χ1) is 11.8. The minimum atomic E-state index is 0.344. The number of hydrogen-bond acceptors (Lipinski definition) is 3.